The highest BCUT2D eigenvalue weighted by molar-refractivity contribution is 7.16. The molecule has 1 unspecified atom stereocenters. The third kappa shape index (κ3) is 4.27. The molecule has 1 fully saturated rings. The summed E-state index contributed by atoms with van der Waals surface area (Å²) >= 11 is 7.57. The van der Waals surface area contributed by atoms with Crippen LogP contribution < -0.4 is 4.80 Å². The number of fused-ring (bicyclic) bond motifs is 1. The molecule has 0 radical (unpaired) electrons. The minimum Gasteiger partial charge on any atom is -0.387 e. The van der Waals surface area contributed by atoms with Crippen LogP contribution in [0.25, 0.3) is 10.2 Å². The van der Waals surface area contributed by atoms with E-state index in [1.807, 2.05) is 48.5 Å². The molecule has 27 heavy (non-hydrogen) atoms. The minimum absolute atomic E-state index is 0.428. The van der Waals surface area contributed by atoms with Crippen molar-refractivity contribution < 1.29 is 5.11 Å². The number of nitrogens with zero attached hydrogens (tertiary/aromatic N) is 2. The lowest BCUT2D eigenvalue weighted by atomic mass is 9.96. The van der Waals surface area contributed by atoms with Crippen LogP contribution in [-0.4, -0.2) is 34.2 Å². The monoisotopic (exact) mass is 401 g/mol. The van der Waals surface area contributed by atoms with E-state index in [2.05, 4.69) is 9.47 Å². The Labute approximate surface area is 168 Å². The molecule has 4 nitrogen and oxygen atoms in total. The van der Waals surface area contributed by atoms with Gasteiger partial charge in [-0.05, 0) is 55.6 Å². The molecule has 1 aromatic heterocycles. The summed E-state index contributed by atoms with van der Waals surface area (Å²) in [4.78, 5) is 2.94. The Morgan fingerprint density at radius 3 is 2.63 bits per heavy atom. The maximum Gasteiger partial charge on any atom is 0.182 e. The number of aliphatic hydroxyl groups is 1. The van der Waals surface area contributed by atoms with Gasteiger partial charge in [0.1, 0.15) is 0 Å². The fraction of sp³-hybridized carbons (Fsp3) is 0.381. The number of thiazole rings is 1. The summed E-state index contributed by atoms with van der Waals surface area (Å²) < 4.78 is 3.20. The Bertz CT molecular complexity index is 960. The molecule has 2 aromatic carbocycles. The maximum atomic E-state index is 10.4. The third-order valence-corrected chi connectivity index (χ3v) is 6.62. The molecule has 1 aliphatic heterocycles. The number of likely N-dealkylation sites (tertiary alicyclic amines) is 1. The molecule has 1 aliphatic rings. The zero-order valence-electron chi connectivity index (χ0n) is 15.1. The molecule has 1 saturated heterocycles. The van der Waals surface area contributed by atoms with E-state index in [-0.39, 0.29) is 0 Å². The molecule has 3 aromatic rings. The highest BCUT2D eigenvalue weighted by Crippen LogP contribution is 2.26. The number of hydrogen-bond acceptors (Lipinski definition) is 4. The minimum atomic E-state index is -0.428. The van der Waals surface area contributed by atoms with Crippen molar-refractivity contribution in [3.63, 3.8) is 0 Å². The van der Waals surface area contributed by atoms with E-state index >= 15 is 0 Å². The van der Waals surface area contributed by atoms with Gasteiger partial charge in [0.25, 0.3) is 0 Å². The molecular formula is C21H24ClN3OS. The Morgan fingerprint density at radius 1 is 1.15 bits per heavy atom. The molecule has 4 rings (SSSR count). The number of aromatic nitrogens is 1. The normalized spacial score (nSPS) is 17.4. The standard InChI is InChI=1S/C21H24ClN3OS/c22-17-6-7-18-20(12-17)27-21(23)25(18)13-15-8-10-24(11-9-15)14-19(26)16-4-2-1-3-5-16/h1-7,12,15,19,23,26H,8-11,13-14H2. The van der Waals surface area contributed by atoms with Crippen molar-refractivity contribution in [2.24, 2.45) is 5.92 Å². The van der Waals surface area contributed by atoms with Gasteiger partial charge in [0.05, 0.1) is 16.3 Å². The first-order valence-electron chi connectivity index (χ1n) is 9.39. The first-order valence-corrected chi connectivity index (χ1v) is 10.6. The van der Waals surface area contributed by atoms with Crippen molar-refractivity contribution in [2.75, 3.05) is 19.6 Å². The summed E-state index contributed by atoms with van der Waals surface area (Å²) in [6, 6.07) is 15.8. The maximum absolute atomic E-state index is 10.4. The average Bonchev–Trinajstić information content (AvgIpc) is 2.98. The lowest BCUT2D eigenvalue weighted by molar-refractivity contribution is 0.0867. The van der Waals surface area contributed by atoms with E-state index in [4.69, 9.17) is 17.0 Å². The zero-order valence-corrected chi connectivity index (χ0v) is 16.7. The van der Waals surface area contributed by atoms with Gasteiger partial charge in [-0.15, -0.1) is 0 Å². The van der Waals surface area contributed by atoms with Gasteiger partial charge in [0.15, 0.2) is 4.80 Å². The molecule has 0 amide bonds. The lowest BCUT2D eigenvalue weighted by Crippen LogP contribution is -2.38. The van der Waals surface area contributed by atoms with Crippen LogP contribution in [0.2, 0.25) is 5.02 Å². The summed E-state index contributed by atoms with van der Waals surface area (Å²) in [6.45, 7) is 3.57. The molecule has 0 aliphatic carbocycles. The van der Waals surface area contributed by atoms with Crippen LogP contribution in [0.3, 0.4) is 0 Å². The van der Waals surface area contributed by atoms with Gasteiger partial charge in [0, 0.05) is 18.1 Å². The van der Waals surface area contributed by atoms with Gasteiger partial charge in [0.2, 0.25) is 0 Å². The summed E-state index contributed by atoms with van der Waals surface area (Å²) in [6.07, 6.45) is 1.76. The van der Waals surface area contributed by atoms with Gasteiger partial charge >= 0.3 is 0 Å². The highest BCUT2D eigenvalue weighted by Gasteiger charge is 2.22. The SMILES string of the molecule is N=c1sc2cc(Cl)ccc2n1CC1CCN(CC(O)c2ccccc2)CC1. The van der Waals surface area contributed by atoms with Crippen LogP contribution in [0, 0.1) is 11.3 Å². The quantitative estimate of drug-likeness (QED) is 0.670. The van der Waals surface area contributed by atoms with E-state index in [9.17, 15) is 5.11 Å². The molecular weight excluding hydrogens is 378 g/mol. The number of rotatable bonds is 5. The molecule has 0 saturated carbocycles. The molecule has 142 valence electrons. The van der Waals surface area contributed by atoms with E-state index < -0.39 is 6.10 Å². The Morgan fingerprint density at radius 2 is 1.89 bits per heavy atom. The van der Waals surface area contributed by atoms with Crippen molar-refractivity contribution in [1.29, 1.82) is 5.41 Å². The van der Waals surface area contributed by atoms with Crippen molar-refractivity contribution in [2.45, 2.75) is 25.5 Å². The first-order chi connectivity index (χ1) is 13.1. The number of aliphatic hydroxyl groups excluding tert-OH is 1. The number of piperidine rings is 1. The van der Waals surface area contributed by atoms with Crippen molar-refractivity contribution in [3.8, 4) is 0 Å². The number of benzene rings is 2. The van der Waals surface area contributed by atoms with Crippen LogP contribution in [0.5, 0.6) is 0 Å². The summed E-state index contributed by atoms with van der Waals surface area (Å²) in [7, 11) is 0. The van der Waals surface area contributed by atoms with Crippen LogP contribution in [-0.2, 0) is 6.54 Å². The van der Waals surface area contributed by atoms with E-state index in [0.717, 1.165) is 53.3 Å². The Kier molecular flexibility index (Phi) is 5.64. The van der Waals surface area contributed by atoms with Crippen LogP contribution >= 0.6 is 22.9 Å². The Balaban J connectivity index is 1.36. The molecule has 2 N–H and O–H groups in total. The van der Waals surface area contributed by atoms with E-state index in [1.54, 1.807) is 0 Å². The predicted octanol–water partition coefficient (Wildman–Crippen LogP) is 4.28. The largest absolute Gasteiger partial charge is 0.387 e. The predicted molar refractivity (Wildman–Crippen MR) is 111 cm³/mol. The summed E-state index contributed by atoms with van der Waals surface area (Å²) in [5.74, 6) is 0.567. The molecule has 1 atom stereocenters. The smallest absolute Gasteiger partial charge is 0.182 e. The zero-order chi connectivity index (χ0) is 18.8. The highest BCUT2D eigenvalue weighted by atomic mass is 35.5. The molecule has 0 spiro atoms. The van der Waals surface area contributed by atoms with Crippen LogP contribution in [0.15, 0.2) is 48.5 Å². The van der Waals surface area contributed by atoms with Crippen molar-refractivity contribution >= 4 is 33.2 Å². The molecule has 6 heteroatoms. The van der Waals surface area contributed by atoms with Gasteiger partial charge in [-0.3, -0.25) is 5.41 Å². The van der Waals surface area contributed by atoms with Crippen molar-refractivity contribution in [1.82, 2.24) is 9.47 Å². The number of halogens is 1. The van der Waals surface area contributed by atoms with E-state index in [0.29, 0.717) is 17.3 Å². The van der Waals surface area contributed by atoms with Gasteiger partial charge in [-0.2, -0.15) is 0 Å². The van der Waals surface area contributed by atoms with Gasteiger partial charge in [-0.1, -0.05) is 53.3 Å². The average molecular weight is 402 g/mol. The summed E-state index contributed by atoms with van der Waals surface area (Å²) in [5, 5.41) is 19.5. The van der Waals surface area contributed by atoms with Gasteiger partial charge < -0.3 is 14.6 Å². The number of hydrogen-bond donors (Lipinski definition) is 2. The lowest BCUT2D eigenvalue weighted by Gasteiger charge is -2.33. The molecule has 0 bridgehead atoms. The summed E-state index contributed by atoms with van der Waals surface area (Å²) in [5.41, 5.74) is 2.09. The second-order valence-corrected chi connectivity index (χ2v) is 8.77. The molecule has 2 heterocycles. The van der Waals surface area contributed by atoms with Crippen LogP contribution in [0.1, 0.15) is 24.5 Å². The Hall–Kier alpha value is -1.66. The van der Waals surface area contributed by atoms with Gasteiger partial charge in [-0.25, -0.2) is 0 Å². The second kappa shape index (κ2) is 8.15. The fourth-order valence-electron chi connectivity index (χ4n) is 3.88. The number of nitrogens with one attached hydrogen (secondary N) is 1. The topological polar surface area (TPSA) is 52.2 Å². The first kappa shape index (κ1) is 18.7. The number of β-amino-alcohol motifs (C(OH)–C–C–N with tert-alkyl or cyclic N) is 1. The van der Waals surface area contributed by atoms with Crippen LogP contribution in [0.4, 0.5) is 0 Å². The fourth-order valence-corrected chi connectivity index (χ4v) is 5.07. The third-order valence-electron chi connectivity index (χ3n) is 5.43. The second-order valence-electron chi connectivity index (χ2n) is 7.30. The van der Waals surface area contributed by atoms with E-state index in [1.165, 1.54) is 11.3 Å². The van der Waals surface area contributed by atoms with Crippen molar-refractivity contribution in [3.05, 3.63) is 63.9 Å².